The molecular weight excluding hydrogens is 554 g/mol. The van der Waals surface area contributed by atoms with Crippen molar-refractivity contribution in [3.63, 3.8) is 0 Å². The number of nitrogens with zero attached hydrogens (tertiary/aromatic N) is 2. The standard InChI is InChI=1S/C32H41N3O8/c1-10-40-23-17-21(18-24(19-23)41-11-2)26(28(36)39-9)34-22-12-13-25-20(16-22)14-15-33-27(25)35(29(37)42-31(3,4)5)30(38)43-32(6,7)8/h12-19,26,34H,10-11H2,1-9H3. The number of rotatable bonds is 9. The molecule has 11 nitrogen and oxygen atoms in total. The quantitative estimate of drug-likeness (QED) is 0.203. The minimum atomic E-state index is -0.922. The molecule has 11 heteroatoms. The van der Waals surface area contributed by atoms with Crippen LogP contribution >= 0.6 is 0 Å². The van der Waals surface area contributed by atoms with Gasteiger partial charge in [-0.3, -0.25) is 0 Å². The van der Waals surface area contributed by atoms with E-state index in [1.807, 2.05) is 13.8 Å². The number of ether oxygens (including phenoxy) is 5. The van der Waals surface area contributed by atoms with Crippen LogP contribution in [0.25, 0.3) is 10.8 Å². The van der Waals surface area contributed by atoms with E-state index in [1.54, 1.807) is 84.0 Å². The number of nitrogens with one attached hydrogen (secondary N) is 1. The number of anilines is 2. The van der Waals surface area contributed by atoms with E-state index in [0.717, 1.165) is 4.90 Å². The SMILES string of the molecule is CCOc1cc(OCC)cc(C(Nc2ccc3c(N(C(=O)OC(C)(C)C)C(=O)OC(C)(C)C)nccc3c2)C(=O)OC)c1. The Kier molecular flexibility index (Phi) is 10.4. The number of hydrogen-bond acceptors (Lipinski definition) is 10. The molecular formula is C32H41N3O8. The average molecular weight is 596 g/mol. The maximum Gasteiger partial charge on any atom is 0.425 e. The molecule has 2 amide bonds. The number of carbonyl (C=O) groups is 3. The van der Waals surface area contributed by atoms with Crippen molar-refractivity contribution in [2.45, 2.75) is 72.6 Å². The molecule has 1 unspecified atom stereocenters. The van der Waals surface area contributed by atoms with Crippen molar-refractivity contribution < 1.29 is 38.1 Å². The first-order chi connectivity index (χ1) is 20.2. The first-order valence-corrected chi connectivity index (χ1v) is 14.1. The first-order valence-electron chi connectivity index (χ1n) is 14.1. The summed E-state index contributed by atoms with van der Waals surface area (Å²) in [6, 6.07) is 11.3. The average Bonchev–Trinajstić information content (AvgIpc) is 2.89. The molecule has 1 aromatic heterocycles. The van der Waals surface area contributed by atoms with Gasteiger partial charge in [-0.15, -0.1) is 0 Å². The third-order valence-electron chi connectivity index (χ3n) is 5.71. The first kappa shape index (κ1) is 33.0. The fourth-order valence-corrected chi connectivity index (χ4v) is 4.12. The van der Waals surface area contributed by atoms with E-state index >= 15 is 0 Å². The molecule has 0 saturated carbocycles. The van der Waals surface area contributed by atoms with Gasteiger partial charge in [0.25, 0.3) is 0 Å². The lowest BCUT2D eigenvalue weighted by molar-refractivity contribution is -0.141. The Bertz CT molecular complexity index is 1410. The summed E-state index contributed by atoms with van der Waals surface area (Å²) in [5.41, 5.74) is -0.592. The van der Waals surface area contributed by atoms with Crippen LogP contribution in [0.4, 0.5) is 21.1 Å². The van der Waals surface area contributed by atoms with Gasteiger partial charge < -0.3 is 29.0 Å². The molecule has 43 heavy (non-hydrogen) atoms. The van der Waals surface area contributed by atoms with Crippen LogP contribution in [-0.2, 0) is 19.0 Å². The van der Waals surface area contributed by atoms with Crippen molar-refractivity contribution in [2.75, 3.05) is 30.5 Å². The Morgan fingerprint density at radius 3 is 1.88 bits per heavy atom. The molecule has 3 aromatic rings. The number of carbonyl (C=O) groups excluding carboxylic acids is 3. The highest BCUT2D eigenvalue weighted by molar-refractivity contribution is 6.14. The molecule has 0 spiro atoms. The monoisotopic (exact) mass is 595 g/mol. The summed E-state index contributed by atoms with van der Waals surface area (Å²) in [6.07, 6.45) is -0.371. The summed E-state index contributed by atoms with van der Waals surface area (Å²) in [4.78, 5) is 44.6. The number of esters is 1. The smallest absolute Gasteiger partial charge is 0.425 e. The molecule has 0 radical (unpaired) electrons. The fraction of sp³-hybridized carbons (Fsp3) is 0.438. The van der Waals surface area contributed by atoms with Crippen LogP contribution < -0.4 is 19.7 Å². The normalized spacial score (nSPS) is 12.2. The van der Waals surface area contributed by atoms with Crippen molar-refractivity contribution in [2.24, 2.45) is 0 Å². The van der Waals surface area contributed by atoms with Gasteiger partial charge >= 0.3 is 18.2 Å². The second-order valence-electron chi connectivity index (χ2n) is 11.6. The lowest BCUT2D eigenvalue weighted by Crippen LogP contribution is -2.44. The molecule has 0 aliphatic rings. The summed E-state index contributed by atoms with van der Waals surface area (Å²) in [7, 11) is 1.31. The van der Waals surface area contributed by atoms with Gasteiger partial charge in [0.15, 0.2) is 11.9 Å². The zero-order valence-corrected chi connectivity index (χ0v) is 26.3. The second-order valence-corrected chi connectivity index (χ2v) is 11.6. The van der Waals surface area contributed by atoms with Crippen molar-refractivity contribution in [3.05, 3.63) is 54.2 Å². The zero-order chi connectivity index (χ0) is 31.9. The lowest BCUT2D eigenvalue weighted by atomic mass is 10.0. The van der Waals surface area contributed by atoms with Gasteiger partial charge in [-0.2, -0.15) is 4.90 Å². The number of aromatic nitrogens is 1. The van der Waals surface area contributed by atoms with Crippen LogP contribution in [0.15, 0.2) is 48.7 Å². The van der Waals surface area contributed by atoms with Crippen LogP contribution in [-0.4, -0.2) is 54.7 Å². The number of amides is 2. The van der Waals surface area contributed by atoms with Crippen LogP contribution in [0.1, 0.15) is 67.0 Å². The molecule has 0 aliphatic heterocycles. The third kappa shape index (κ3) is 8.97. The van der Waals surface area contributed by atoms with Gasteiger partial charge in [0, 0.05) is 23.3 Å². The molecule has 2 aromatic carbocycles. The largest absolute Gasteiger partial charge is 0.494 e. The Labute approximate surface area is 252 Å². The minimum absolute atomic E-state index is 0.0443. The highest BCUT2D eigenvalue weighted by Gasteiger charge is 2.34. The van der Waals surface area contributed by atoms with Crippen molar-refractivity contribution in [1.82, 2.24) is 4.98 Å². The predicted octanol–water partition coefficient (Wildman–Crippen LogP) is 7.04. The van der Waals surface area contributed by atoms with E-state index in [0.29, 0.717) is 46.7 Å². The Morgan fingerprint density at radius 2 is 1.40 bits per heavy atom. The second kappa shape index (κ2) is 13.6. The summed E-state index contributed by atoms with van der Waals surface area (Å²) in [5, 5.41) is 4.35. The number of imide groups is 1. The predicted molar refractivity (Wildman–Crippen MR) is 164 cm³/mol. The maximum absolute atomic E-state index is 13.2. The Morgan fingerprint density at radius 1 is 0.837 bits per heavy atom. The van der Waals surface area contributed by atoms with Gasteiger partial charge in [0.05, 0.1) is 20.3 Å². The van der Waals surface area contributed by atoms with Gasteiger partial charge in [-0.25, -0.2) is 19.4 Å². The summed E-state index contributed by atoms with van der Waals surface area (Å²) >= 11 is 0. The van der Waals surface area contributed by atoms with E-state index in [9.17, 15) is 14.4 Å². The molecule has 0 aliphatic carbocycles. The number of fused-ring (bicyclic) bond motifs is 1. The van der Waals surface area contributed by atoms with Crippen LogP contribution in [0, 0.1) is 0 Å². The summed E-state index contributed by atoms with van der Waals surface area (Å²) in [6.45, 7) is 14.8. The van der Waals surface area contributed by atoms with Crippen molar-refractivity contribution in [3.8, 4) is 11.5 Å². The lowest BCUT2D eigenvalue weighted by Gasteiger charge is -2.28. The number of benzene rings is 2. The van der Waals surface area contributed by atoms with E-state index in [4.69, 9.17) is 23.7 Å². The van der Waals surface area contributed by atoms with Gasteiger partial charge in [-0.05, 0) is 103 Å². The van der Waals surface area contributed by atoms with Crippen LogP contribution in [0.3, 0.4) is 0 Å². The maximum atomic E-state index is 13.2. The van der Waals surface area contributed by atoms with Gasteiger partial charge in [0.1, 0.15) is 22.7 Å². The van der Waals surface area contributed by atoms with Crippen LogP contribution in [0.2, 0.25) is 0 Å². The van der Waals surface area contributed by atoms with Crippen LogP contribution in [0.5, 0.6) is 11.5 Å². The number of methoxy groups -OCH3 is 1. The number of pyridine rings is 1. The van der Waals surface area contributed by atoms with Crippen molar-refractivity contribution >= 4 is 40.4 Å². The molecule has 0 fully saturated rings. The molecule has 1 atom stereocenters. The number of hydrogen-bond donors (Lipinski definition) is 1. The van der Waals surface area contributed by atoms with Gasteiger partial charge in [-0.1, -0.05) is 0 Å². The summed E-state index contributed by atoms with van der Waals surface area (Å²) in [5.74, 6) is 0.631. The van der Waals surface area contributed by atoms with Crippen molar-refractivity contribution in [1.29, 1.82) is 0 Å². The highest BCUT2D eigenvalue weighted by Crippen LogP contribution is 2.33. The molecule has 232 valence electrons. The zero-order valence-electron chi connectivity index (χ0n) is 26.3. The van der Waals surface area contributed by atoms with E-state index in [1.165, 1.54) is 13.3 Å². The van der Waals surface area contributed by atoms with Gasteiger partial charge in [0.2, 0.25) is 0 Å². The Hall–Kier alpha value is -4.54. The molecule has 0 saturated heterocycles. The third-order valence-corrected chi connectivity index (χ3v) is 5.71. The van der Waals surface area contributed by atoms with E-state index in [2.05, 4.69) is 10.3 Å². The molecule has 3 rings (SSSR count). The van der Waals surface area contributed by atoms with E-state index < -0.39 is 35.4 Å². The molecule has 1 N–H and O–H groups in total. The minimum Gasteiger partial charge on any atom is -0.494 e. The fourth-order valence-electron chi connectivity index (χ4n) is 4.12. The Balaban J connectivity index is 2.06. The summed E-state index contributed by atoms with van der Waals surface area (Å²) < 4.78 is 27.5. The highest BCUT2D eigenvalue weighted by atomic mass is 16.6. The molecule has 0 bridgehead atoms. The topological polar surface area (TPSA) is 126 Å². The van der Waals surface area contributed by atoms with E-state index in [-0.39, 0.29) is 5.82 Å². The molecule has 1 heterocycles.